The predicted octanol–water partition coefficient (Wildman–Crippen LogP) is 6.92. The van der Waals surface area contributed by atoms with E-state index in [1.54, 1.807) is 11.3 Å². The molecule has 0 aliphatic rings. The lowest BCUT2D eigenvalue weighted by atomic mass is 9.99. The van der Waals surface area contributed by atoms with E-state index in [4.69, 9.17) is 17.2 Å². The Morgan fingerprint density at radius 2 is 1.73 bits per heavy atom. The van der Waals surface area contributed by atoms with Crippen molar-refractivity contribution in [2.45, 2.75) is 27.2 Å². The van der Waals surface area contributed by atoms with Gasteiger partial charge in [0.15, 0.2) is 0 Å². The fraction of sp³-hybridized carbons (Fsp3) is 0.192. The summed E-state index contributed by atoms with van der Waals surface area (Å²) in [5, 5.41) is 1.05. The first-order valence-electron chi connectivity index (χ1n) is 10.0. The molecule has 4 rings (SSSR count). The van der Waals surface area contributed by atoms with E-state index in [1.807, 2.05) is 6.21 Å². The number of rotatable bonds is 6. The van der Waals surface area contributed by atoms with E-state index in [1.165, 1.54) is 27.0 Å². The zero-order chi connectivity index (χ0) is 21.1. The molecule has 0 saturated heterocycles. The third-order valence-electron chi connectivity index (χ3n) is 5.24. The van der Waals surface area contributed by atoms with Crippen molar-refractivity contribution in [3.63, 3.8) is 0 Å². The van der Waals surface area contributed by atoms with E-state index >= 15 is 0 Å². The quantitative estimate of drug-likeness (QED) is 0.246. The Morgan fingerprint density at radius 3 is 2.47 bits per heavy atom. The lowest BCUT2D eigenvalue weighted by Gasteiger charge is -2.09. The van der Waals surface area contributed by atoms with Crippen LogP contribution in [0.15, 0.2) is 65.7 Å². The van der Waals surface area contributed by atoms with Gasteiger partial charge in [0.2, 0.25) is 0 Å². The number of aliphatic imine (C=N–C) groups is 1. The van der Waals surface area contributed by atoms with Crippen LogP contribution in [0.4, 0.5) is 0 Å². The van der Waals surface area contributed by atoms with E-state index in [-0.39, 0.29) is 0 Å². The molecule has 3 aromatic carbocycles. The molecular formula is C26H24N2S2. The molecule has 0 saturated carbocycles. The molecule has 4 heteroatoms. The molecule has 0 spiro atoms. The molecule has 1 heterocycles. The highest BCUT2D eigenvalue weighted by atomic mass is 32.1. The second-order valence-corrected chi connectivity index (χ2v) is 9.28. The molecule has 2 nitrogen and oxygen atoms in total. The van der Waals surface area contributed by atoms with Gasteiger partial charge in [-0.3, -0.25) is 4.99 Å². The standard InChI is InChI=1S/C26H24N2S2/c1-17-7-10-21(11-8-17)26-28-24-13-20(9-12-25(24)30-26)15-27-16-22(29)14-23-18(2)5-4-6-19(23)3/h4-13,15H,14,16H2,1-3H3. The smallest absolute Gasteiger partial charge is 0.124 e. The van der Waals surface area contributed by atoms with Crippen LogP contribution in [0.2, 0.25) is 0 Å². The Morgan fingerprint density at radius 1 is 1.00 bits per heavy atom. The number of nitrogens with zero attached hydrogens (tertiary/aromatic N) is 2. The SMILES string of the molecule is Cc1ccc(-c2nc3cc(C=NCC(=S)Cc4c(C)cccc4C)ccc3s2)cc1. The molecule has 0 fully saturated rings. The Labute approximate surface area is 187 Å². The monoisotopic (exact) mass is 428 g/mol. The first-order valence-corrected chi connectivity index (χ1v) is 11.3. The summed E-state index contributed by atoms with van der Waals surface area (Å²) >= 11 is 7.31. The number of benzene rings is 3. The molecule has 30 heavy (non-hydrogen) atoms. The van der Waals surface area contributed by atoms with Crippen LogP contribution in [0, 0.1) is 20.8 Å². The van der Waals surface area contributed by atoms with Crippen LogP contribution in [0.5, 0.6) is 0 Å². The van der Waals surface area contributed by atoms with Gasteiger partial charge < -0.3 is 0 Å². The van der Waals surface area contributed by atoms with Gasteiger partial charge in [-0.05, 0) is 55.2 Å². The van der Waals surface area contributed by atoms with Crippen molar-refractivity contribution in [3.8, 4) is 10.6 Å². The minimum atomic E-state index is 0.562. The fourth-order valence-electron chi connectivity index (χ4n) is 3.48. The predicted molar refractivity (Wildman–Crippen MR) is 134 cm³/mol. The summed E-state index contributed by atoms with van der Waals surface area (Å²) < 4.78 is 1.19. The van der Waals surface area contributed by atoms with Crippen molar-refractivity contribution in [1.82, 2.24) is 4.98 Å². The highest BCUT2D eigenvalue weighted by molar-refractivity contribution is 7.80. The molecule has 0 atom stereocenters. The summed E-state index contributed by atoms with van der Waals surface area (Å²) in [5.41, 5.74) is 8.39. The highest BCUT2D eigenvalue weighted by Crippen LogP contribution is 2.30. The normalized spacial score (nSPS) is 11.4. The molecule has 0 amide bonds. The average Bonchev–Trinajstić information content (AvgIpc) is 3.15. The number of thiocarbonyl (C=S) groups is 1. The van der Waals surface area contributed by atoms with E-state index in [2.05, 4.69) is 86.4 Å². The molecular weight excluding hydrogens is 404 g/mol. The van der Waals surface area contributed by atoms with Gasteiger partial charge in [0.05, 0.1) is 16.8 Å². The van der Waals surface area contributed by atoms with Crippen LogP contribution >= 0.6 is 23.6 Å². The van der Waals surface area contributed by atoms with Gasteiger partial charge >= 0.3 is 0 Å². The number of aromatic nitrogens is 1. The van der Waals surface area contributed by atoms with Crippen LogP contribution < -0.4 is 0 Å². The zero-order valence-corrected chi connectivity index (χ0v) is 19.1. The molecule has 0 aliphatic carbocycles. The second kappa shape index (κ2) is 8.99. The van der Waals surface area contributed by atoms with E-state index in [0.29, 0.717) is 6.54 Å². The minimum absolute atomic E-state index is 0.562. The van der Waals surface area contributed by atoms with Gasteiger partial charge in [-0.1, -0.05) is 66.3 Å². The topological polar surface area (TPSA) is 25.2 Å². The Bertz CT molecular complexity index is 1210. The van der Waals surface area contributed by atoms with Crippen molar-refractivity contribution < 1.29 is 0 Å². The summed E-state index contributed by atoms with van der Waals surface area (Å²) in [6.07, 6.45) is 2.71. The molecule has 0 bridgehead atoms. The third-order valence-corrected chi connectivity index (χ3v) is 6.60. The van der Waals surface area contributed by atoms with Gasteiger partial charge in [0.1, 0.15) is 5.01 Å². The molecule has 0 N–H and O–H groups in total. The molecule has 4 aromatic rings. The third kappa shape index (κ3) is 4.72. The lowest BCUT2D eigenvalue weighted by molar-refractivity contribution is 1.18. The number of aryl methyl sites for hydroxylation is 3. The number of hydrogen-bond donors (Lipinski definition) is 0. The number of thiazole rings is 1. The summed E-state index contributed by atoms with van der Waals surface area (Å²) in [6.45, 7) is 6.94. The lowest BCUT2D eigenvalue weighted by Crippen LogP contribution is -2.07. The minimum Gasteiger partial charge on any atom is -0.287 e. The Hall–Kier alpha value is -2.69. The van der Waals surface area contributed by atoms with E-state index in [0.717, 1.165) is 32.9 Å². The van der Waals surface area contributed by atoms with Gasteiger partial charge in [-0.15, -0.1) is 11.3 Å². The maximum absolute atomic E-state index is 5.59. The van der Waals surface area contributed by atoms with Gasteiger partial charge in [-0.25, -0.2) is 4.98 Å². The summed E-state index contributed by atoms with van der Waals surface area (Å²) in [5.74, 6) is 0. The van der Waals surface area contributed by atoms with Crippen molar-refractivity contribution >= 4 is 44.9 Å². The summed E-state index contributed by atoms with van der Waals surface area (Å²) in [6, 6.07) is 21.2. The van der Waals surface area contributed by atoms with Gasteiger partial charge in [0.25, 0.3) is 0 Å². The van der Waals surface area contributed by atoms with Crippen LogP contribution in [0.1, 0.15) is 27.8 Å². The molecule has 1 aromatic heterocycles. The Kier molecular flexibility index (Phi) is 6.16. The van der Waals surface area contributed by atoms with Crippen LogP contribution in [-0.4, -0.2) is 22.6 Å². The number of hydrogen-bond acceptors (Lipinski definition) is 4. The highest BCUT2D eigenvalue weighted by Gasteiger charge is 2.07. The molecule has 0 radical (unpaired) electrons. The molecule has 0 unspecified atom stereocenters. The van der Waals surface area contributed by atoms with Gasteiger partial charge in [-0.2, -0.15) is 0 Å². The largest absolute Gasteiger partial charge is 0.287 e. The summed E-state index contributed by atoms with van der Waals surface area (Å²) in [7, 11) is 0. The second-order valence-electron chi connectivity index (χ2n) is 7.67. The first-order chi connectivity index (χ1) is 14.5. The van der Waals surface area contributed by atoms with Crippen molar-refractivity contribution in [1.29, 1.82) is 0 Å². The fourth-order valence-corrected chi connectivity index (χ4v) is 4.65. The van der Waals surface area contributed by atoms with Gasteiger partial charge in [0, 0.05) is 23.1 Å². The van der Waals surface area contributed by atoms with Crippen molar-refractivity contribution in [2.75, 3.05) is 6.54 Å². The average molecular weight is 429 g/mol. The van der Waals surface area contributed by atoms with Crippen LogP contribution in [0.3, 0.4) is 0 Å². The van der Waals surface area contributed by atoms with Crippen LogP contribution in [0.25, 0.3) is 20.8 Å². The molecule has 0 aliphatic heterocycles. The summed E-state index contributed by atoms with van der Waals surface area (Å²) in [4.78, 5) is 10.4. The van der Waals surface area contributed by atoms with E-state index < -0.39 is 0 Å². The van der Waals surface area contributed by atoms with Crippen LogP contribution in [-0.2, 0) is 6.42 Å². The first kappa shape index (κ1) is 20.6. The zero-order valence-electron chi connectivity index (χ0n) is 17.5. The van der Waals surface area contributed by atoms with E-state index in [9.17, 15) is 0 Å². The maximum Gasteiger partial charge on any atom is 0.124 e. The van der Waals surface area contributed by atoms with Crippen molar-refractivity contribution in [2.24, 2.45) is 4.99 Å². The Balaban J connectivity index is 1.45. The number of fused-ring (bicyclic) bond motifs is 1. The molecule has 150 valence electrons. The van der Waals surface area contributed by atoms with Crippen molar-refractivity contribution in [3.05, 3.63) is 88.5 Å². The maximum atomic E-state index is 5.59.